The summed E-state index contributed by atoms with van der Waals surface area (Å²) in [5.74, 6) is 1.56. The van der Waals surface area contributed by atoms with Gasteiger partial charge in [0.05, 0.1) is 17.4 Å². The molecule has 0 unspecified atom stereocenters. The third-order valence-corrected chi connectivity index (χ3v) is 4.89. The molecular formula is C20H20N2O2S. The van der Waals surface area contributed by atoms with Gasteiger partial charge in [0.15, 0.2) is 5.78 Å². The molecule has 0 radical (unpaired) electrons. The second kappa shape index (κ2) is 7.66. The second-order valence-electron chi connectivity index (χ2n) is 5.67. The molecule has 0 amide bonds. The summed E-state index contributed by atoms with van der Waals surface area (Å²) in [6.45, 7) is 6.33. The number of thioether (sulfide) groups is 1. The molecule has 3 aromatic rings. The zero-order chi connectivity index (χ0) is 17.8. The van der Waals surface area contributed by atoms with Crippen molar-refractivity contribution in [3.05, 3.63) is 59.9 Å². The lowest BCUT2D eigenvalue weighted by molar-refractivity contribution is 0.0994. The molecule has 0 aliphatic heterocycles. The number of para-hydroxylation sites is 1. The fourth-order valence-electron chi connectivity index (χ4n) is 2.59. The van der Waals surface area contributed by atoms with E-state index in [9.17, 15) is 4.79 Å². The summed E-state index contributed by atoms with van der Waals surface area (Å²) in [6.07, 6.45) is 0. The number of ketones is 1. The molecule has 0 N–H and O–H groups in total. The van der Waals surface area contributed by atoms with Crippen LogP contribution in [0.25, 0.3) is 10.9 Å². The van der Waals surface area contributed by atoms with Crippen molar-refractivity contribution < 1.29 is 9.53 Å². The number of hydrogen-bond acceptors (Lipinski definition) is 5. The van der Waals surface area contributed by atoms with Crippen LogP contribution in [0.4, 0.5) is 0 Å². The summed E-state index contributed by atoms with van der Waals surface area (Å²) in [4.78, 5) is 21.7. The molecule has 5 heteroatoms. The quantitative estimate of drug-likeness (QED) is 0.366. The van der Waals surface area contributed by atoms with E-state index in [0.29, 0.717) is 18.0 Å². The van der Waals surface area contributed by atoms with Crippen LogP contribution in [0, 0.1) is 6.92 Å². The molecule has 3 rings (SSSR count). The molecule has 25 heavy (non-hydrogen) atoms. The van der Waals surface area contributed by atoms with Gasteiger partial charge < -0.3 is 4.74 Å². The van der Waals surface area contributed by atoms with Gasteiger partial charge in [-0.2, -0.15) is 0 Å². The fourth-order valence-corrected chi connectivity index (χ4v) is 3.65. The standard InChI is InChI=1S/C20H20N2O2S/c1-4-24-16-11-9-15(10-12-16)19(23)13(2)25-20-17-7-5-6-8-18(17)21-14(3)22-20/h5-13H,4H2,1-3H3/t13-/m0/s1. The van der Waals surface area contributed by atoms with E-state index < -0.39 is 0 Å². The van der Waals surface area contributed by atoms with Gasteiger partial charge in [-0.25, -0.2) is 9.97 Å². The Balaban J connectivity index is 1.82. The van der Waals surface area contributed by atoms with Crippen LogP contribution in [0.2, 0.25) is 0 Å². The number of benzene rings is 2. The molecule has 2 aromatic carbocycles. The van der Waals surface area contributed by atoms with Crippen LogP contribution in [0.3, 0.4) is 0 Å². The van der Waals surface area contributed by atoms with E-state index in [1.54, 1.807) is 0 Å². The predicted octanol–water partition coefficient (Wildman–Crippen LogP) is 4.70. The van der Waals surface area contributed by atoms with Crippen LogP contribution >= 0.6 is 11.8 Å². The molecule has 0 saturated heterocycles. The lowest BCUT2D eigenvalue weighted by Gasteiger charge is -2.12. The van der Waals surface area contributed by atoms with Crippen molar-refractivity contribution in [1.82, 2.24) is 9.97 Å². The normalized spacial score (nSPS) is 12.1. The molecule has 0 aliphatic rings. The first kappa shape index (κ1) is 17.4. The van der Waals surface area contributed by atoms with Crippen molar-refractivity contribution in [2.24, 2.45) is 0 Å². The maximum Gasteiger partial charge on any atom is 0.175 e. The summed E-state index contributed by atoms with van der Waals surface area (Å²) in [7, 11) is 0. The molecule has 128 valence electrons. The maximum absolute atomic E-state index is 12.7. The Morgan fingerprint density at radius 2 is 1.84 bits per heavy atom. The first-order valence-corrected chi connectivity index (χ1v) is 9.13. The zero-order valence-electron chi connectivity index (χ0n) is 14.5. The van der Waals surface area contributed by atoms with Crippen LogP contribution in [0.15, 0.2) is 53.6 Å². The number of nitrogens with zero attached hydrogens (tertiary/aromatic N) is 2. The Morgan fingerprint density at radius 3 is 2.56 bits per heavy atom. The number of aryl methyl sites for hydroxylation is 1. The molecule has 1 aromatic heterocycles. The van der Waals surface area contributed by atoms with Crippen molar-refractivity contribution in [3.63, 3.8) is 0 Å². The van der Waals surface area contributed by atoms with Gasteiger partial charge in [-0.3, -0.25) is 4.79 Å². The highest BCUT2D eigenvalue weighted by Crippen LogP contribution is 2.30. The van der Waals surface area contributed by atoms with Gasteiger partial charge in [-0.15, -0.1) is 0 Å². The van der Waals surface area contributed by atoms with Gasteiger partial charge in [0.25, 0.3) is 0 Å². The summed E-state index contributed by atoms with van der Waals surface area (Å²) < 4.78 is 5.42. The summed E-state index contributed by atoms with van der Waals surface area (Å²) >= 11 is 1.47. The summed E-state index contributed by atoms with van der Waals surface area (Å²) in [5.41, 5.74) is 1.58. The highest BCUT2D eigenvalue weighted by atomic mass is 32.2. The van der Waals surface area contributed by atoms with Crippen LogP contribution in [-0.2, 0) is 0 Å². The van der Waals surface area contributed by atoms with E-state index >= 15 is 0 Å². The molecule has 1 atom stereocenters. The summed E-state index contributed by atoms with van der Waals surface area (Å²) in [5, 5.41) is 1.58. The van der Waals surface area contributed by atoms with E-state index in [1.807, 2.05) is 69.3 Å². The molecule has 1 heterocycles. The number of carbonyl (C=O) groups excluding carboxylic acids is 1. The molecule has 0 aliphatic carbocycles. The van der Waals surface area contributed by atoms with Gasteiger partial charge in [-0.1, -0.05) is 30.0 Å². The molecule has 0 spiro atoms. The number of carbonyl (C=O) groups is 1. The average Bonchev–Trinajstić information content (AvgIpc) is 2.62. The van der Waals surface area contributed by atoms with Gasteiger partial charge in [0.1, 0.15) is 16.6 Å². The molecule has 0 saturated carbocycles. The van der Waals surface area contributed by atoms with Crippen LogP contribution in [-0.4, -0.2) is 27.6 Å². The minimum Gasteiger partial charge on any atom is -0.494 e. The van der Waals surface area contributed by atoms with Crippen LogP contribution in [0.5, 0.6) is 5.75 Å². The smallest absolute Gasteiger partial charge is 0.175 e. The van der Waals surface area contributed by atoms with Crippen molar-refractivity contribution >= 4 is 28.4 Å². The lowest BCUT2D eigenvalue weighted by Crippen LogP contribution is -2.14. The van der Waals surface area contributed by atoms with Crippen molar-refractivity contribution in [3.8, 4) is 5.75 Å². The predicted molar refractivity (Wildman–Crippen MR) is 102 cm³/mol. The molecule has 4 nitrogen and oxygen atoms in total. The highest BCUT2D eigenvalue weighted by molar-refractivity contribution is 8.00. The Kier molecular flexibility index (Phi) is 5.34. The van der Waals surface area contributed by atoms with E-state index in [2.05, 4.69) is 9.97 Å². The van der Waals surface area contributed by atoms with Crippen LogP contribution in [0.1, 0.15) is 30.0 Å². The van der Waals surface area contributed by atoms with Crippen molar-refractivity contribution in [2.45, 2.75) is 31.0 Å². The fraction of sp³-hybridized carbons (Fsp3) is 0.250. The Bertz CT molecular complexity index is 894. The van der Waals surface area contributed by atoms with Gasteiger partial charge in [0.2, 0.25) is 0 Å². The van der Waals surface area contributed by atoms with E-state index in [1.165, 1.54) is 11.8 Å². The minimum atomic E-state index is -0.240. The minimum absolute atomic E-state index is 0.0772. The van der Waals surface area contributed by atoms with E-state index in [-0.39, 0.29) is 11.0 Å². The number of aromatic nitrogens is 2. The third kappa shape index (κ3) is 3.99. The lowest BCUT2D eigenvalue weighted by atomic mass is 10.1. The maximum atomic E-state index is 12.7. The number of Topliss-reactive ketones (excluding diaryl/α,β-unsaturated/α-hetero) is 1. The Labute approximate surface area is 151 Å². The van der Waals surface area contributed by atoms with Crippen molar-refractivity contribution in [1.29, 1.82) is 0 Å². The third-order valence-electron chi connectivity index (χ3n) is 3.79. The monoisotopic (exact) mass is 352 g/mol. The first-order chi connectivity index (χ1) is 12.1. The molecule has 0 fully saturated rings. The number of ether oxygens (including phenoxy) is 1. The largest absolute Gasteiger partial charge is 0.494 e. The Hall–Kier alpha value is -2.40. The highest BCUT2D eigenvalue weighted by Gasteiger charge is 2.19. The Morgan fingerprint density at radius 1 is 1.12 bits per heavy atom. The SMILES string of the molecule is CCOc1ccc(C(=O)[C@H](C)Sc2nc(C)nc3ccccc23)cc1. The molecular weight excluding hydrogens is 332 g/mol. The molecule has 0 bridgehead atoms. The number of rotatable bonds is 6. The van der Waals surface area contributed by atoms with Crippen molar-refractivity contribution in [2.75, 3.05) is 6.61 Å². The van der Waals surface area contributed by atoms with Crippen LogP contribution < -0.4 is 4.74 Å². The first-order valence-electron chi connectivity index (χ1n) is 8.25. The zero-order valence-corrected chi connectivity index (χ0v) is 15.3. The van der Waals surface area contributed by atoms with E-state index in [0.717, 1.165) is 21.7 Å². The topological polar surface area (TPSA) is 52.1 Å². The second-order valence-corrected chi connectivity index (χ2v) is 7.00. The number of hydrogen-bond donors (Lipinski definition) is 0. The average molecular weight is 352 g/mol. The van der Waals surface area contributed by atoms with E-state index in [4.69, 9.17) is 4.74 Å². The van der Waals surface area contributed by atoms with Gasteiger partial charge >= 0.3 is 0 Å². The van der Waals surface area contributed by atoms with Gasteiger partial charge in [-0.05, 0) is 51.1 Å². The van der Waals surface area contributed by atoms with Gasteiger partial charge in [0, 0.05) is 10.9 Å². The summed E-state index contributed by atoms with van der Waals surface area (Å²) in [6, 6.07) is 15.2. The number of fused-ring (bicyclic) bond motifs is 1.